The Morgan fingerprint density at radius 1 is 1.04 bits per heavy atom. The normalized spacial score (nSPS) is 12.2. The summed E-state index contributed by atoms with van der Waals surface area (Å²) in [5.74, 6) is -1.67. The fourth-order valence-corrected chi connectivity index (χ4v) is 2.51. The van der Waals surface area contributed by atoms with Crippen molar-refractivity contribution in [2.24, 2.45) is 5.92 Å². The van der Waals surface area contributed by atoms with Crippen LogP contribution in [0.1, 0.15) is 25.5 Å². The summed E-state index contributed by atoms with van der Waals surface area (Å²) >= 11 is 0. The van der Waals surface area contributed by atoms with Crippen molar-refractivity contribution in [3.8, 4) is 0 Å². The van der Waals surface area contributed by atoms with E-state index in [9.17, 15) is 13.6 Å². The van der Waals surface area contributed by atoms with Crippen LogP contribution < -0.4 is 10.6 Å². The molecule has 0 heterocycles. The maximum absolute atomic E-state index is 13.5. The van der Waals surface area contributed by atoms with E-state index in [1.807, 2.05) is 35.6 Å². The zero-order chi connectivity index (χ0) is 16.8. The van der Waals surface area contributed by atoms with E-state index in [0.29, 0.717) is 5.92 Å². The molecule has 23 heavy (non-hydrogen) atoms. The van der Waals surface area contributed by atoms with Crippen LogP contribution in [-0.4, -0.2) is 12.5 Å². The number of anilines is 1. The number of hydrogen-bond donors (Lipinski definition) is 2. The Morgan fingerprint density at radius 3 is 2.22 bits per heavy atom. The third kappa shape index (κ3) is 4.60. The van der Waals surface area contributed by atoms with Crippen molar-refractivity contribution < 1.29 is 18.9 Å². The van der Waals surface area contributed by atoms with Gasteiger partial charge in [-0.2, -0.15) is 0 Å². The molecule has 3 N–H and O–H groups in total. The molecule has 0 unspecified atom stereocenters. The average Bonchev–Trinajstić information content (AvgIpc) is 2.52. The second-order valence-corrected chi connectivity index (χ2v) is 5.77. The molecule has 1 amide bonds. The maximum Gasteiger partial charge on any atom is 0.279 e. The first-order valence-electron chi connectivity index (χ1n) is 7.61. The number of carbonyl (C=O) groups is 1. The van der Waals surface area contributed by atoms with Crippen LogP contribution in [0.4, 0.5) is 14.5 Å². The minimum absolute atomic E-state index is 0.0888. The topological polar surface area (TPSA) is 45.7 Å². The fourth-order valence-electron chi connectivity index (χ4n) is 2.51. The summed E-state index contributed by atoms with van der Waals surface area (Å²) in [6, 6.07) is 13.5. The summed E-state index contributed by atoms with van der Waals surface area (Å²) in [5, 5.41) is 4.19. The number of halogens is 2. The van der Waals surface area contributed by atoms with Gasteiger partial charge in [0.05, 0.1) is 0 Å². The molecular formula is C18H21F2N2O+. The molecule has 0 spiro atoms. The first-order chi connectivity index (χ1) is 11.0. The third-order valence-electron chi connectivity index (χ3n) is 3.69. The quantitative estimate of drug-likeness (QED) is 0.845. The van der Waals surface area contributed by atoms with Crippen molar-refractivity contribution >= 4 is 11.6 Å². The average molecular weight is 319 g/mol. The fraction of sp³-hybridized carbons (Fsp3) is 0.278. The number of rotatable bonds is 6. The molecule has 3 nitrogen and oxygen atoms in total. The van der Waals surface area contributed by atoms with Crippen LogP contribution in [0.5, 0.6) is 0 Å². The summed E-state index contributed by atoms with van der Waals surface area (Å²) in [5.41, 5.74) is 0.721. The van der Waals surface area contributed by atoms with Gasteiger partial charge in [0.15, 0.2) is 6.54 Å². The predicted molar refractivity (Wildman–Crippen MR) is 85.8 cm³/mol. The standard InChI is InChI=1S/C18H20F2N2O/c1-12(2)17(13-7-4-3-5-8-13)21-11-16(23)22-18-14(19)9-6-10-15(18)20/h3-10,12,17,21H,11H2,1-2H3,(H,22,23)/p+1/t17-/m1/s1. The minimum Gasteiger partial charge on any atom is -0.332 e. The van der Waals surface area contributed by atoms with Crippen LogP contribution in [0.2, 0.25) is 0 Å². The molecule has 0 aliphatic rings. The van der Waals surface area contributed by atoms with Crippen LogP contribution in [0.15, 0.2) is 48.5 Å². The Labute approximate surface area is 134 Å². The van der Waals surface area contributed by atoms with Gasteiger partial charge >= 0.3 is 0 Å². The van der Waals surface area contributed by atoms with Gasteiger partial charge in [0.1, 0.15) is 23.4 Å². The van der Waals surface area contributed by atoms with Crippen molar-refractivity contribution in [2.45, 2.75) is 19.9 Å². The molecule has 2 aromatic rings. The molecule has 0 aliphatic heterocycles. The first kappa shape index (κ1) is 17.1. The van der Waals surface area contributed by atoms with E-state index in [4.69, 9.17) is 0 Å². The smallest absolute Gasteiger partial charge is 0.279 e. The molecular weight excluding hydrogens is 298 g/mol. The number of nitrogens with one attached hydrogen (secondary N) is 1. The Hall–Kier alpha value is -2.27. The molecule has 5 heteroatoms. The summed E-state index contributed by atoms with van der Waals surface area (Å²) in [6.45, 7) is 4.23. The van der Waals surface area contributed by atoms with Crippen LogP contribution in [0.25, 0.3) is 0 Å². The second-order valence-electron chi connectivity index (χ2n) is 5.77. The van der Waals surface area contributed by atoms with Crippen LogP contribution in [-0.2, 0) is 4.79 Å². The zero-order valence-corrected chi connectivity index (χ0v) is 13.2. The Morgan fingerprint density at radius 2 is 1.65 bits per heavy atom. The third-order valence-corrected chi connectivity index (χ3v) is 3.69. The Kier molecular flexibility index (Phi) is 5.82. The summed E-state index contributed by atoms with van der Waals surface area (Å²) in [7, 11) is 0. The van der Waals surface area contributed by atoms with Gasteiger partial charge in [-0.15, -0.1) is 0 Å². The molecule has 0 aromatic heterocycles. The number of hydrogen-bond acceptors (Lipinski definition) is 1. The number of quaternary nitrogens is 1. The van der Waals surface area contributed by atoms with Crippen molar-refractivity contribution in [2.75, 3.05) is 11.9 Å². The van der Waals surface area contributed by atoms with Gasteiger partial charge in [0, 0.05) is 11.5 Å². The molecule has 0 radical (unpaired) electrons. The number of benzene rings is 2. The van der Waals surface area contributed by atoms with Crippen molar-refractivity contribution in [3.63, 3.8) is 0 Å². The molecule has 0 fully saturated rings. The molecule has 1 atom stereocenters. The first-order valence-corrected chi connectivity index (χ1v) is 7.61. The largest absolute Gasteiger partial charge is 0.332 e. The number of amides is 1. The van der Waals surface area contributed by atoms with Crippen LogP contribution in [0, 0.1) is 17.6 Å². The second kappa shape index (κ2) is 7.83. The highest BCUT2D eigenvalue weighted by molar-refractivity contribution is 5.91. The SMILES string of the molecule is CC(C)[C@@H]([NH2+]CC(=O)Nc1c(F)cccc1F)c1ccccc1. The molecule has 2 aromatic carbocycles. The highest BCUT2D eigenvalue weighted by atomic mass is 19.1. The zero-order valence-electron chi connectivity index (χ0n) is 13.2. The molecule has 0 aliphatic carbocycles. The van der Waals surface area contributed by atoms with Gasteiger partial charge in [0.2, 0.25) is 0 Å². The summed E-state index contributed by atoms with van der Waals surface area (Å²) in [6.07, 6.45) is 0. The van der Waals surface area contributed by atoms with Gasteiger partial charge in [0.25, 0.3) is 5.91 Å². The Bertz CT molecular complexity index is 639. The van der Waals surface area contributed by atoms with Crippen molar-refractivity contribution in [1.82, 2.24) is 0 Å². The van der Waals surface area contributed by atoms with Gasteiger partial charge in [-0.05, 0) is 12.1 Å². The molecule has 2 rings (SSSR count). The van der Waals surface area contributed by atoms with Crippen molar-refractivity contribution in [3.05, 3.63) is 65.7 Å². The van der Waals surface area contributed by atoms with Crippen LogP contribution in [0.3, 0.4) is 0 Å². The monoisotopic (exact) mass is 319 g/mol. The van der Waals surface area contributed by atoms with E-state index in [1.54, 1.807) is 0 Å². The summed E-state index contributed by atoms with van der Waals surface area (Å²) < 4.78 is 27.1. The Balaban J connectivity index is 2.00. The van der Waals surface area contributed by atoms with Gasteiger partial charge in [-0.25, -0.2) is 8.78 Å². The van der Waals surface area contributed by atoms with E-state index >= 15 is 0 Å². The lowest BCUT2D eigenvalue weighted by molar-refractivity contribution is -0.692. The van der Waals surface area contributed by atoms with Gasteiger partial charge in [-0.3, -0.25) is 4.79 Å². The number of carbonyl (C=O) groups excluding carboxylic acids is 1. The van der Waals surface area contributed by atoms with E-state index < -0.39 is 23.2 Å². The lowest BCUT2D eigenvalue weighted by Gasteiger charge is -2.19. The molecule has 0 saturated carbocycles. The molecule has 122 valence electrons. The van der Waals surface area contributed by atoms with E-state index in [2.05, 4.69) is 19.2 Å². The maximum atomic E-state index is 13.5. The molecule has 0 bridgehead atoms. The lowest BCUT2D eigenvalue weighted by atomic mass is 9.96. The van der Waals surface area contributed by atoms with Gasteiger partial charge in [-0.1, -0.05) is 50.2 Å². The molecule has 0 saturated heterocycles. The summed E-state index contributed by atoms with van der Waals surface area (Å²) in [4.78, 5) is 12.0. The van der Waals surface area contributed by atoms with Crippen LogP contribution >= 0.6 is 0 Å². The highest BCUT2D eigenvalue weighted by Crippen LogP contribution is 2.18. The van der Waals surface area contributed by atoms with Crippen molar-refractivity contribution in [1.29, 1.82) is 0 Å². The lowest BCUT2D eigenvalue weighted by Crippen LogP contribution is -2.88. The van der Waals surface area contributed by atoms with E-state index in [0.717, 1.165) is 17.7 Å². The van der Waals surface area contributed by atoms with E-state index in [-0.39, 0.29) is 12.6 Å². The van der Waals surface area contributed by atoms with Gasteiger partial charge < -0.3 is 10.6 Å². The van der Waals surface area contributed by atoms with E-state index in [1.165, 1.54) is 6.07 Å². The number of nitrogens with two attached hydrogens (primary N) is 1. The predicted octanol–water partition coefficient (Wildman–Crippen LogP) is 2.86. The number of para-hydroxylation sites is 1. The minimum atomic E-state index is -0.776. The highest BCUT2D eigenvalue weighted by Gasteiger charge is 2.21.